The third kappa shape index (κ3) is 7.36. The predicted octanol–water partition coefficient (Wildman–Crippen LogP) is 1.67. The largest absolute Gasteiger partial charge is 0.382 e. The minimum atomic E-state index is 0.564. The normalized spacial score (nSPS) is 19.1. The Labute approximate surface area is 148 Å². The van der Waals surface area contributed by atoms with Crippen LogP contribution in [0.4, 0.5) is 0 Å². The lowest BCUT2D eigenvalue weighted by atomic mass is 10.1. The number of nitrogens with one attached hydrogen (secondary N) is 1. The summed E-state index contributed by atoms with van der Waals surface area (Å²) in [7, 11) is 3.57. The lowest BCUT2D eigenvalue weighted by Crippen LogP contribution is -2.46. The van der Waals surface area contributed by atoms with Crippen LogP contribution in [0, 0.1) is 5.92 Å². The maximum atomic E-state index is 5.67. The van der Waals surface area contributed by atoms with E-state index < -0.39 is 0 Å². The molecule has 1 saturated heterocycles. The summed E-state index contributed by atoms with van der Waals surface area (Å²) in [5.74, 6) is 1.60. The van der Waals surface area contributed by atoms with Crippen molar-refractivity contribution in [3.63, 3.8) is 0 Å². The van der Waals surface area contributed by atoms with Gasteiger partial charge in [-0.3, -0.25) is 9.89 Å². The zero-order valence-corrected chi connectivity index (χ0v) is 16.5. The van der Waals surface area contributed by atoms with Crippen molar-refractivity contribution in [1.29, 1.82) is 0 Å². The highest BCUT2D eigenvalue weighted by molar-refractivity contribution is 5.80. The molecule has 1 unspecified atom stereocenters. The molecule has 0 aromatic carbocycles. The molecule has 1 aliphatic rings. The molecule has 0 radical (unpaired) electrons. The van der Waals surface area contributed by atoms with E-state index >= 15 is 0 Å². The van der Waals surface area contributed by atoms with E-state index in [-0.39, 0.29) is 0 Å². The van der Waals surface area contributed by atoms with Gasteiger partial charge in [-0.2, -0.15) is 0 Å². The van der Waals surface area contributed by atoms with Gasteiger partial charge in [0.25, 0.3) is 0 Å². The fraction of sp³-hybridized carbons (Fsp3) is 0.944. The molecule has 1 fully saturated rings. The van der Waals surface area contributed by atoms with Gasteiger partial charge in [0.1, 0.15) is 0 Å². The summed E-state index contributed by atoms with van der Waals surface area (Å²) < 4.78 is 10.7. The zero-order valence-electron chi connectivity index (χ0n) is 16.5. The van der Waals surface area contributed by atoms with Gasteiger partial charge in [-0.25, -0.2) is 0 Å². The molecule has 142 valence electrons. The highest BCUT2D eigenvalue weighted by Gasteiger charge is 2.25. The summed E-state index contributed by atoms with van der Waals surface area (Å²) >= 11 is 0. The standard InChI is InChI=1S/C18H38N4O2/c1-15(2)22(16(3)4)10-8-20-18(19-5)21-9-7-17(13-21)14-24-12-11-23-6/h15-17H,7-14H2,1-6H3,(H,19,20). The second kappa shape index (κ2) is 11.7. The van der Waals surface area contributed by atoms with Gasteiger partial charge in [0, 0.05) is 58.3 Å². The van der Waals surface area contributed by atoms with Gasteiger partial charge >= 0.3 is 0 Å². The Balaban J connectivity index is 2.32. The SMILES string of the molecule is CN=C(NCCN(C(C)C)C(C)C)N1CCC(COCCOC)C1. The summed E-state index contributed by atoms with van der Waals surface area (Å²) in [5, 5.41) is 3.52. The van der Waals surface area contributed by atoms with Gasteiger partial charge in [-0.1, -0.05) is 0 Å². The quantitative estimate of drug-likeness (QED) is 0.372. The molecular weight excluding hydrogens is 304 g/mol. The van der Waals surface area contributed by atoms with Crippen molar-refractivity contribution < 1.29 is 9.47 Å². The third-order valence-corrected chi connectivity index (χ3v) is 4.56. The topological polar surface area (TPSA) is 49.3 Å². The summed E-state index contributed by atoms with van der Waals surface area (Å²) in [5.41, 5.74) is 0. The van der Waals surface area contributed by atoms with Crippen LogP contribution in [0.5, 0.6) is 0 Å². The Morgan fingerprint density at radius 3 is 2.54 bits per heavy atom. The second-order valence-corrected chi connectivity index (χ2v) is 7.07. The molecule has 0 aromatic rings. The Hall–Kier alpha value is -0.850. The number of nitrogens with zero attached hydrogens (tertiary/aromatic N) is 3. The molecule has 24 heavy (non-hydrogen) atoms. The Bertz CT molecular complexity index is 353. The molecular formula is C18H38N4O2. The summed E-state index contributed by atoms with van der Waals surface area (Å²) in [6.45, 7) is 15.2. The number of guanidine groups is 1. The van der Waals surface area contributed by atoms with Gasteiger partial charge in [-0.05, 0) is 34.1 Å². The monoisotopic (exact) mass is 342 g/mol. The average molecular weight is 343 g/mol. The van der Waals surface area contributed by atoms with Crippen LogP contribution >= 0.6 is 0 Å². The van der Waals surface area contributed by atoms with Gasteiger partial charge in [0.2, 0.25) is 0 Å². The molecule has 0 amide bonds. The van der Waals surface area contributed by atoms with Crippen molar-refractivity contribution in [2.45, 2.75) is 46.2 Å². The molecule has 1 heterocycles. The third-order valence-electron chi connectivity index (χ3n) is 4.56. The van der Waals surface area contributed by atoms with Crippen LogP contribution in [0.2, 0.25) is 0 Å². The van der Waals surface area contributed by atoms with Gasteiger partial charge in [0.15, 0.2) is 5.96 Å². The molecule has 1 atom stereocenters. The number of methoxy groups -OCH3 is 1. The number of rotatable bonds is 10. The number of hydrogen-bond acceptors (Lipinski definition) is 4. The highest BCUT2D eigenvalue weighted by Crippen LogP contribution is 2.16. The van der Waals surface area contributed by atoms with Crippen molar-refractivity contribution in [3.8, 4) is 0 Å². The van der Waals surface area contributed by atoms with E-state index in [2.05, 4.69) is 47.8 Å². The zero-order chi connectivity index (χ0) is 17.9. The smallest absolute Gasteiger partial charge is 0.193 e. The van der Waals surface area contributed by atoms with Crippen molar-refractivity contribution in [3.05, 3.63) is 0 Å². The fourth-order valence-corrected chi connectivity index (χ4v) is 3.30. The first-order valence-corrected chi connectivity index (χ1v) is 9.27. The minimum absolute atomic E-state index is 0.564. The van der Waals surface area contributed by atoms with E-state index in [4.69, 9.17) is 9.47 Å². The predicted molar refractivity (Wildman–Crippen MR) is 101 cm³/mol. The molecule has 0 spiro atoms. The Kier molecular flexibility index (Phi) is 10.3. The molecule has 1 rings (SSSR count). The molecule has 0 saturated carbocycles. The molecule has 1 aliphatic heterocycles. The van der Waals surface area contributed by atoms with Crippen LogP contribution in [0.25, 0.3) is 0 Å². The van der Waals surface area contributed by atoms with Gasteiger partial charge in [-0.15, -0.1) is 0 Å². The van der Waals surface area contributed by atoms with Crippen molar-refractivity contribution in [1.82, 2.24) is 15.1 Å². The summed E-state index contributed by atoms with van der Waals surface area (Å²) in [6, 6.07) is 1.13. The van der Waals surface area contributed by atoms with Crippen LogP contribution < -0.4 is 5.32 Å². The maximum absolute atomic E-state index is 5.67. The lowest BCUT2D eigenvalue weighted by Gasteiger charge is -2.31. The first-order chi connectivity index (χ1) is 11.5. The van der Waals surface area contributed by atoms with Crippen LogP contribution in [0.3, 0.4) is 0 Å². The van der Waals surface area contributed by atoms with Crippen molar-refractivity contribution >= 4 is 5.96 Å². The molecule has 1 N–H and O–H groups in total. The molecule has 0 bridgehead atoms. The minimum Gasteiger partial charge on any atom is -0.382 e. The molecule has 0 aliphatic carbocycles. The maximum Gasteiger partial charge on any atom is 0.193 e. The van der Waals surface area contributed by atoms with Crippen molar-refractivity contribution in [2.75, 3.05) is 60.2 Å². The molecule has 6 nitrogen and oxygen atoms in total. The van der Waals surface area contributed by atoms with E-state index in [1.165, 1.54) is 0 Å². The average Bonchev–Trinajstić information content (AvgIpc) is 2.99. The second-order valence-electron chi connectivity index (χ2n) is 7.07. The number of aliphatic imine (C=N–C) groups is 1. The van der Waals surface area contributed by atoms with Gasteiger partial charge < -0.3 is 19.7 Å². The van der Waals surface area contributed by atoms with E-state index in [1.807, 2.05) is 7.05 Å². The van der Waals surface area contributed by atoms with Crippen LogP contribution in [0.1, 0.15) is 34.1 Å². The van der Waals surface area contributed by atoms with Gasteiger partial charge in [0.05, 0.1) is 19.8 Å². The Morgan fingerprint density at radius 1 is 1.25 bits per heavy atom. The van der Waals surface area contributed by atoms with E-state index in [0.29, 0.717) is 31.2 Å². The summed E-state index contributed by atoms with van der Waals surface area (Å²) in [4.78, 5) is 9.30. The van der Waals surface area contributed by atoms with Crippen LogP contribution in [-0.2, 0) is 9.47 Å². The Morgan fingerprint density at radius 2 is 1.96 bits per heavy atom. The van der Waals surface area contributed by atoms with Crippen LogP contribution in [-0.4, -0.2) is 88.0 Å². The van der Waals surface area contributed by atoms with E-state index in [1.54, 1.807) is 7.11 Å². The van der Waals surface area contributed by atoms with Crippen molar-refractivity contribution in [2.24, 2.45) is 10.9 Å². The molecule has 0 aromatic heterocycles. The highest BCUT2D eigenvalue weighted by atomic mass is 16.5. The van der Waals surface area contributed by atoms with E-state index in [0.717, 1.165) is 45.2 Å². The first kappa shape index (κ1) is 21.2. The lowest BCUT2D eigenvalue weighted by molar-refractivity contribution is 0.0536. The fourth-order valence-electron chi connectivity index (χ4n) is 3.30. The van der Waals surface area contributed by atoms with Crippen LogP contribution in [0.15, 0.2) is 4.99 Å². The molecule has 6 heteroatoms. The first-order valence-electron chi connectivity index (χ1n) is 9.27. The summed E-state index contributed by atoms with van der Waals surface area (Å²) in [6.07, 6.45) is 1.16. The number of ether oxygens (including phenoxy) is 2. The van der Waals surface area contributed by atoms with E-state index in [9.17, 15) is 0 Å². The number of likely N-dealkylation sites (tertiary alicyclic amines) is 1. The number of hydrogen-bond donors (Lipinski definition) is 1.